The van der Waals surface area contributed by atoms with Crippen molar-refractivity contribution >= 4 is 29.3 Å². The van der Waals surface area contributed by atoms with Crippen LogP contribution in [0.2, 0.25) is 10.0 Å². The molecule has 3 atom stereocenters. The number of ether oxygens (including phenoxy) is 3. The zero-order chi connectivity index (χ0) is 23.5. The number of aliphatic hydroxyl groups is 1. The highest BCUT2D eigenvalue weighted by atomic mass is 35.5. The number of carbonyl (C=O) groups excluding carboxylic acids is 1. The standard InChI is InChI=1S/C23H28Cl2N2O5/c1-13-16(6-8-19(26-13)31-15-9-10-30-12-15)21(28)20(27-22(29)32-23(2,3)4)14-5-7-17(24)18(25)11-14/h5-8,11,15,20-21,28H,9-10,12H2,1-4H3,(H,27,29). The first-order valence-electron chi connectivity index (χ1n) is 10.4. The van der Waals surface area contributed by atoms with Crippen molar-refractivity contribution in [3.8, 4) is 5.88 Å². The molecule has 1 aliphatic rings. The van der Waals surface area contributed by atoms with Crippen LogP contribution in [-0.4, -0.2) is 41.1 Å². The van der Waals surface area contributed by atoms with Crippen LogP contribution in [0.1, 0.15) is 56.2 Å². The zero-order valence-electron chi connectivity index (χ0n) is 18.5. The predicted molar refractivity (Wildman–Crippen MR) is 122 cm³/mol. The number of aliphatic hydroxyl groups excluding tert-OH is 1. The van der Waals surface area contributed by atoms with Crippen molar-refractivity contribution in [2.75, 3.05) is 13.2 Å². The van der Waals surface area contributed by atoms with Crippen LogP contribution >= 0.6 is 23.2 Å². The minimum atomic E-state index is -1.13. The molecule has 0 saturated carbocycles. The van der Waals surface area contributed by atoms with Crippen LogP contribution in [0, 0.1) is 6.92 Å². The van der Waals surface area contributed by atoms with Crippen LogP contribution in [0.15, 0.2) is 30.3 Å². The van der Waals surface area contributed by atoms with E-state index in [-0.39, 0.29) is 6.10 Å². The fraction of sp³-hybridized carbons (Fsp3) is 0.478. The molecule has 2 N–H and O–H groups in total. The van der Waals surface area contributed by atoms with E-state index in [1.54, 1.807) is 58.0 Å². The fourth-order valence-corrected chi connectivity index (χ4v) is 3.67. The molecule has 1 amide bonds. The van der Waals surface area contributed by atoms with Gasteiger partial charge in [-0.05, 0) is 51.5 Å². The Morgan fingerprint density at radius 2 is 2.00 bits per heavy atom. The lowest BCUT2D eigenvalue weighted by atomic mass is 9.95. The Kier molecular flexibility index (Phi) is 7.88. The Morgan fingerprint density at radius 1 is 1.25 bits per heavy atom. The molecule has 0 radical (unpaired) electrons. The highest BCUT2D eigenvalue weighted by molar-refractivity contribution is 6.42. The van der Waals surface area contributed by atoms with Crippen molar-refractivity contribution in [2.45, 2.75) is 58.0 Å². The van der Waals surface area contributed by atoms with Gasteiger partial charge in [0.15, 0.2) is 0 Å². The van der Waals surface area contributed by atoms with E-state index in [1.807, 2.05) is 0 Å². The van der Waals surface area contributed by atoms with Crippen LogP contribution in [0.25, 0.3) is 0 Å². The lowest BCUT2D eigenvalue weighted by molar-refractivity contribution is 0.0418. The minimum Gasteiger partial charge on any atom is -0.472 e. The molecule has 0 aliphatic carbocycles. The Bertz CT molecular complexity index is 958. The third-order valence-electron chi connectivity index (χ3n) is 4.89. The van der Waals surface area contributed by atoms with Gasteiger partial charge in [0.25, 0.3) is 0 Å². The molecule has 1 fully saturated rings. The second-order valence-electron chi connectivity index (χ2n) is 8.67. The largest absolute Gasteiger partial charge is 0.472 e. The fourth-order valence-electron chi connectivity index (χ4n) is 3.37. The first-order chi connectivity index (χ1) is 15.0. The molecule has 1 aliphatic heterocycles. The highest BCUT2D eigenvalue weighted by Crippen LogP contribution is 2.34. The second kappa shape index (κ2) is 10.3. The summed E-state index contributed by atoms with van der Waals surface area (Å²) in [7, 11) is 0. The van der Waals surface area contributed by atoms with Crippen molar-refractivity contribution in [3.63, 3.8) is 0 Å². The summed E-state index contributed by atoms with van der Waals surface area (Å²) in [6, 6.07) is 7.49. The number of hydrogen-bond donors (Lipinski definition) is 2. The first-order valence-corrected chi connectivity index (χ1v) is 11.1. The molecule has 1 saturated heterocycles. The first kappa shape index (κ1) is 24.6. The summed E-state index contributed by atoms with van der Waals surface area (Å²) in [4.78, 5) is 17.0. The summed E-state index contributed by atoms with van der Waals surface area (Å²) >= 11 is 12.2. The molecule has 1 aromatic carbocycles. The predicted octanol–water partition coefficient (Wildman–Crippen LogP) is 5.16. The van der Waals surface area contributed by atoms with E-state index >= 15 is 0 Å². The number of amides is 1. The monoisotopic (exact) mass is 482 g/mol. The summed E-state index contributed by atoms with van der Waals surface area (Å²) < 4.78 is 16.6. The molecular weight excluding hydrogens is 455 g/mol. The summed E-state index contributed by atoms with van der Waals surface area (Å²) in [6.45, 7) is 8.26. The van der Waals surface area contributed by atoms with Gasteiger partial charge in [-0.25, -0.2) is 9.78 Å². The van der Waals surface area contributed by atoms with E-state index in [1.165, 1.54) is 0 Å². The molecule has 2 heterocycles. The number of halogens is 2. The number of aromatic nitrogens is 1. The van der Waals surface area contributed by atoms with E-state index in [2.05, 4.69) is 10.3 Å². The van der Waals surface area contributed by atoms with Crippen LogP contribution in [0.5, 0.6) is 5.88 Å². The van der Waals surface area contributed by atoms with Gasteiger partial charge in [0.1, 0.15) is 17.8 Å². The van der Waals surface area contributed by atoms with Gasteiger partial charge >= 0.3 is 6.09 Å². The van der Waals surface area contributed by atoms with Crippen molar-refractivity contribution in [3.05, 3.63) is 57.2 Å². The third-order valence-corrected chi connectivity index (χ3v) is 5.62. The summed E-state index contributed by atoms with van der Waals surface area (Å²) in [6.07, 6.45) is -1.02. The van der Waals surface area contributed by atoms with Gasteiger partial charge in [-0.3, -0.25) is 0 Å². The van der Waals surface area contributed by atoms with E-state index in [0.717, 1.165) is 6.42 Å². The van der Waals surface area contributed by atoms with Crippen LogP contribution in [0.3, 0.4) is 0 Å². The van der Waals surface area contributed by atoms with Gasteiger partial charge in [0.05, 0.1) is 29.3 Å². The molecule has 3 unspecified atom stereocenters. The quantitative estimate of drug-likeness (QED) is 0.590. The summed E-state index contributed by atoms with van der Waals surface area (Å²) in [5.41, 5.74) is 0.982. The van der Waals surface area contributed by atoms with E-state index < -0.39 is 23.8 Å². The Morgan fingerprint density at radius 3 is 2.59 bits per heavy atom. The summed E-state index contributed by atoms with van der Waals surface area (Å²) in [5.74, 6) is 0.458. The number of nitrogens with zero attached hydrogens (tertiary/aromatic N) is 1. The van der Waals surface area contributed by atoms with Crippen molar-refractivity contribution in [1.82, 2.24) is 10.3 Å². The van der Waals surface area contributed by atoms with Gasteiger partial charge in [-0.2, -0.15) is 0 Å². The smallest absolute Gasteiger partial charge is 0.408 e. The van der Waals surface area contributed by atoms with E-state index in [0.29, 0.717) is 46.0 Å². The zero-order valence-corrected chi connectivity index (χ0v) is 20.0. The third kappa shape index (κ3) is 6.48. The van der Waals surface area contributed by atoms with Crippen molar-refractivity contribution in [2.24, 2.45) is 0 Å². The lowest BCUT2D eigenvalue weighted by Crippen LogP contribution is -2.37. The molecule has 2 aromatic rings. The van der Waals surface area contributed by atoms with Gasteiger partial charge in [-0.1, -0.05) is 29.3 Å². The average Bonchev–Trinajstić information content (AvgIpc) is 3.20. The summed E-state index contributed by atoms with van der Waals surface area (Å²) in [5, 5.41) is 14.7. The van der Waals surface area contributed by atoms with Crippen molar-refractivity contribution in [1.29, 1.82) is 0 Å². The van der Waals surface area contributed by atoms with Gasteiger partial charge in [-0.15, -0.1) is 0 Å². The Labute approximate surface area is 198 Å². The Hall–Kier alpha value is -2.06. The number of hydrogen-bond acceptors (Lipinski definition) is 6. The molecule has 0 bridgehead atoms. The molecule has 174 valence electrons. The number of pyridine rings is 1. The van der Waals surface area contributed by atoms with Crippen LogP contribution in [-0.2, 0) is 9.47 Å². The minimum absolute atomic E-state index is 0.0320. The highest BCUT2D eigenvalue weighted by Gasteiger charge is 2.29. The maximum atomic E-state index is 12.5. The maximum absolute atomic E-state index is 12.5. The number of aryl methyl sites for hydroxylation is 1. The molecule has 1 aromatic heterocycles. The van der Waals surface area contributed by atoms with Crippen LogP contribution in [0.4, 0.5) is 4.79 Å². The topological polar surface area (TPSA) is 89.9 Å². The SMILES string of the molecule is Cc1nc(OC2CCOC2)ccc1C(O)C(NC(=O)OC(C)(C)C)c1ccc(Cl)c(Cl)c1. The van der Waals surface area contributed by atoms with Gasteiger partial charge < -0.3 is 24.6 Å². The molecule has 32 heavy (non-hydrogen) atoms. The van der Waals surface area contributed by atoms with Gasteiger partial charge in [0, 0.05) is 23.7 Å². The molecule has 7 nitrogen and oxygen atoms in total. The lowest BCUT2D eigenvalue weighted by Gasteiger charge is -2.28. The number of rotatable bonds is 6. The van der Waals surface area contributed by atoms with Crippen LogP contribution < -0.4 is 10.1 Å². The van der Waals surface area contributed by atoms with Crippen molar-refractivity contribution < 1.29 is 24.1 Å². The molecule has 0 spiro atoms. The molecule has 9 heteroatoms. The number of benzene rings is 1. The number of nitrogens with one attached hydrogen (secondary N) is 1. The average molecular weight is 483 g/mol. The molecular formula is C23H28Cl2N2O5. The maximum Gasteiger partial charge on any atom is 0.408 e. The number of alkyl carbamates (subject to hydrolysis) is 1. The van der Waals surface area contributed by atoms with E-state index in [4.69, 9.17) is 37.4 Å². The molecule has 3 rings (SSSR count). The number of carbonyl (C=O) groups is 1. The second-order valence-corrected chi connectivity index (χ2v) is 9.48. The normalized spacial score (nSPS) is 18.2. The van der Waals surface area contributed by atoms with Gasteiger partial charge in [0.2, 0.25) is 5.88 Å². The van der Waals surface area contributed by atoms with E-state index in [9.17, 15) is 9.90 Å². The Balaban J connectivity index is 1.87.